The van der Waals surface area contributed by atoms with Crippen molar-refractivity contribution in [3.8, 4) is 0 Å². The van der Waals surface area contributed by atoms with E-state index in [0.717, 1.165) is 21.3 Å². The van der Waals surface area contributed by atoms with Crippen molar-refractivity contribution in [3.63, 3.8) is 0 Å². The highest BCUT2D eigenvalue weighted by Crippen LogP contribution is 2.23. The third kappa shape index (κ3) is 4.35. The van der Waals surface area contributed by atoms with Crippen LogP contribution in [0, 0.1) is 11.6 Å². The van der Waals surface area contributed by atoms with Crippen LogP contribution < -0.4 is 0 Å². The average molecular weight is 282 g/mol. The van der Waals surface area contributed by atoms with Gasteiger partial charge in [0, 0.05) is 21.3 Å². The highest BCUT2D eigenvalue weighted by Gasteiger charge is 1.98. The van der Waals surface area contributed by atoms with E-state index in [2.05, 4.69) is 0 Å². The van der Waals surface area contributed by atoms with Crippen LogP contribution in [0.2, 0.25) is 0 Å². The summed E-state index contributed by atoms with van der Waals surface area (Å²) in [5, 5.41) is 0. The Labute approximate surface area is 114 Å². The van der Waals surface area contributed by atoms with E-state index in [-0.39, 0.29) is 11.6 Å². The fourth-order valence-electron chi connectivity index (χ4n) is 1.43. The van der Waals surface area contributed by atoms with Gasteiger partial charge < -0.3 is 0 Å². The molecule has 0 aliphatic carbocycles. The van der Waals surface area contributed by atoms with Gasteiger partial charge in [-0.3, -0.25) is 0 Å². The van der Waals surface area contributed by atoms with Gasteiger partial charge in [-0.25, -0.2) is 8.78 Å². The number of hydrogen-bond donors (Lipinski definition) is 0. The molecule has 0 aromatic heterocycles. The van der Waals surface area contributed by atoms with Crippen LogP contribution in [-0.2, 0) is 0 Å². The number of halogens is 2. The Hall–Kier alpha value is -1.00. The molecule has 0 nitrogen and oxygen atoms in total. The van der Waals surface area contributed by atoms with Gasteiger partial charge in [0.2, 0.25) is 0 Å². The molecule has 0 aliphatic heterocycles. The fourth-order valence-corrected chi connectivity index (χ4v) is 3.31. The molecular formula is C14H12F2S2. The van der Waals surface area contributed by atoms with Crippen LogP contribution in [0.5, 0.6) is 0 Å². The van der Waals surface area contributed by atoms with Gasteiger partial charge >= 0.3 is 0 Å². The maximum Gasteiger partial charge on any atom is 0.124 e. The van der Waals surface area contributed by atoms with E-state index < -0.39 is 0 Å². The van der Waals surface area contributed by atoms with E-state index in [1.165, 1.54) is 24.3 Å². The normalized spacial score (nSPS) is 10.6. The molecule has 2 rings (SSSR count). The maximum absolute atomic E-state index is 12.9. The zero-order valence-electron chi connectivity index (χ0n) is 9.61. The second-order valence-corrected chi connectivity index (χ2v) is 5.95. The summed E-state index contributed by atoms with van der Waals surface area (Å²) in [5.41, 5.74) is 0. The van der Waals surface area contributed by atoms with Crippen LogP contribution >= 0.6 is 23.5 Å². The Balaban J connectivity index is 1.76. The van der Waals surface area contributed by atoms with Crippen molar-refractivity contribution in [3.05, 3.63) is 60.2 Å². The highest BCUT2D eigenvalue weighted by atomic mass is 32.2. The van der Waals surface area contributed by atoms with Crippen LogP contribution in [0.3, 0.4) is 0 Å². The lowest BCUT2D eigenvalue weighted by Crippen LogP contribution is -1.85. The standard InChI is InChI=1S/C14H12F2S2/c15-11-3-1-5-13(9-11)17-7-8-18-14-6-2-4-12(16)10-14/h1-6,9-10H,7-8H2. The Morgan fingerprint density at radius 3 is 1.56 bits per heavy atom. The van der Waals surface area contributed by atoms with E-state index in [0.29, 0.717) is 0 Å². The Bertz CT molecular complexity index is 467. The molecule has 0 amide bonds. The third-order valence-corrected chi connectivity index (χ3v) is 4.46. The van der Waals surface area contributed by atoms with Crippen molar-refractivity contribution in [1.29, 1.82) is 0 Å². The first-order valence-electron chi connectivity index (χ1n) is 5.51. The summed E-state index contributed by atoms with van der Waals surface area (Å²) in [6, 6.07) is 13.1. The lowest BCUT2D eigenvalue weighted by atomic mass is 10.4. The summed E-state index contributed by atoms with van der Waals surface area (Å²) < 4.78 is 25.9. The molecule has 0 spiro atoms. The number of hydrogen-bond acceptors (Lipinski definition) is 2. The molecule has 0 saturated carbocycles. The number of rotatable bonds is 5. The molecule has 18 heavy (non-hydrogen) atoms. The predicted molar refractivity (Wildman–Crippen MR) is 74.2 cm³/mol. The summed E-state index contributed by atoms with van der Waals surface area (Å²) >= 11 is 3.21. The van der Waals surface area contributed by atoms with Crippen molar-refractivity contribution in [2.75, 3.05) is 11.5 Å². The van der Waals surface area contributed by atoms with Gasteiger partial charge in [0.1, 0.15) is 11.6 Å². The second kappa shape index (κ2) is 6.81. The zero-order valence-corrected chi connectivity index (χ0v) is 11.2. The van der Waals surface area contributed by atoms with Crippen LogP contribution in [0.25, 0.3) is 0 Å². The summed E-state index contributed by atoms with van der Waals surface area (Å²) in [4.78, 5) is 1.85. The van der Waals surface area contributed by atoms with Gasteiger partial charge in [0.25, 0.3) is 0 Å². The molecule has 0 N–H and O–H groups in total. The lowest BCUT2D eigenvalue weighted by molar-refractivity contribution is 0.624. The molecule has 94 valence electrons. The van der Waals surface area contributed by atoms with Crippen LogP contribution in [0.1, 0.15) is 0 Å². The van der Waals surface area contributed by atoms with Crippen molar-refractivity contribution >= 4 is 23.5 Å². The van der Waals surface area contributed by atoms with E-state index in [4.69, 9.17) is 0 Å². The van der Waals surface area contributed by atoms with Crippen molar-refractivity contribution in [2.45, 2.75) is 9.79 Å². The second-order valence-electron chi connectivity index (χ2n) is 3.61. The molecule has 0 unspecified atom stereocenters. The molecule has 0 fully saturated rings. The molecule has 0 heterocycles. The van der Waals surface area contributed by atoms with E-state index >= 15 is 0 Å². The largest absolute Gasteiger partial charge is 0.207 e. The topological polar surface area (TPSA) is 0 Å². The summed E-state index contributed by atoms with van der Waals surface area (Å²) in [6.45, 7) is 0. The van der Waals surface area contributed by atoms with Crippen molar-refractivity contribution in [1.82, 2.24) is 0 Å². The number of benzene rings is 2. The van der Waals surface area contributed by atoms with Gasteiger partial charge in [0.15, 0.2) is 0 Å². The molecule has 0 radical (unpaired) electrons. The Kier molecular flexibility index (Phi) is 5.08. The van der Waals surface area contributed by atoms with Crippen LogP contribution in [0.4, 0.5) is 8.78 Å². The summed E-state index contributed by atoms with van der Waals surface area (Å²) in [7, 11) is 0. The van der Waals surface area contributed by atoms with Crippen molar-refractivity contribution in [2.24, 2.45) is 0 Å². The molecule has 0 atom stereocenters. The van der Waals surface area contributed by atoms with Gasteiger partial charge in [0.05, 0.1) is 0 Å². The smallest absolute Gasteiger partial charge is 0.124 e. The SMILES string of the molecule is Fc1cccc(SCCSc2cccc(F)c2)c1. The Morgan fingerprint density at radius 1 is 0.722 bits per heavy atom. The van der Waals surface area contributed by atoms with Gasteiger partial charge in [-0.1, -0.05) is 12.1 Å². The minimum Gasteiger partial charge on any atom is -0.207 e. The monoisotopic (exact) mass is 282 g/mol. The van der Waals surface area contributed by atoms with Crippen LogP contribution in [-0.4, -0.2) is 11.5 Å². The van der Waals surface area contributed by atoms with Gasteiger partial charge in [-0.15, -0.1) is 23.5 Å². The van der Waals surface area contributed by atoms with E-state index in [1.807, 2.05) is 12.1 Å². The lowest BCUT2D eigenvalue weighted by Gasteiger charge is -2.02. The average Bonchev–Trinajstić information content (AvgIpc) is 2.35. The minimum absolute atomic E-state index is 0.210. The molecule has 0 aliphatic rings. The predicted octanol–water partition coefficient (Wildman–Crippen LogP) is 4.85. The quantitative estimate of drug-likeness (QED) is 0.568. The fraction of sp³-hybridized carbons (Fsp3) is 0.143. The molecular weight excluding hydrogens is 270 g/mol. The number of thioether (sulfide) groups is 2. The molecule has 2 aromatic carbocycles. The molecule has 2 aromatic rings. The van der Waals surface area contributed by atoms with Crippen molar-refractivity contribution < 1.29 is 8.78 Å². The molecule has 4 heteroatoms. The van der Waals surface area contributed by atoms with Crippen LogP contribution in [0.15, 0.2) is 58.3 Å². The third-order valence-electron chi connectivity index (χ3n) is 2.21. The summed E-state index contributed by atoms with van der Waals surface area (Å²) in [5.74, 6) is 1.31. The molecule has 0 bridgehead atoms. The minimum atomic E-state index is -0.210. The van der Waals surface area contributed by atoms with E-state index in [1.54, 1.807) is 35.7 Å². The first-order chi connectivity index (χ1) is 8.74. The molecule has 0 saturated heterocycles. The Morgan fingerprint density at radius 2 is 1.17 bits per heavy atom. The first kappa shape index (κ1) is 13.4. The summed E-state index contributed by atoms with van der Waals surface area (Å²) in [6.07, 6.45) is 0. The van der Waals surface area contributed by atoms with E-state index in [9.17, 15) is 8.78 Å². The van der Waals surface area contributed by atoms with Gasteiger partial charge in [-0.2, -0.15) is 0 Å². The first-order valence-corrected chi connectivity index (χ1v) is 7.48. The maximum atomic E-state index is 12.9. The highest BCUT2D eigenvalue weighted by molar-refractivity contribution is 8.03. The zero-order chi connectivity index (χ0) is 12.8. The van der Waals surface area contributed by atoms with Gasteiger partial charge in [-0.05, 0) is 36.4 Å².